The van der Waals surface area contributed by atoms with E-state index in [1.807, 2.05) is 18.1 Å². The van der Waals surface area contributed by atoms with Gasteiger partial charge in [-0.15, -0.1) is 6.58 Å². The first-order valence-electron chi connectivity index (χ1n) is 8.61. The molecule has 0 saturated carbocycles. The molecule has 4 aliphatic rings. The van der Waals surface area contributed by atoms with Crippen molar-refractivity contribution in [3.8, 4) is 11.8 Å². The first-order valence-corrected chi connectivity index (χ1v) is 8.61. The molecule has 4 nitrogen and oxygen atoms in total. The molecule has 1 N–H and O–H groups in total. The predicted molar refractivity (Wildman–Crippen MR) is 86.9 cm³/mol. The second kappa shape index (κ2) is 6.72. The number of fused-ring (bicyclic) bond motifs is 3. The molecule has 0 spiro atoms. The minimum absolute atomic E-state index is 0.365. The second-order valence-electron chi connectivity index (χ2n) is 6.85. The normalized spacial score (nSPS) is 40.6. The van der Waals surface area contributed by atoms with Crippen LogP contribution in [0.2, 0.25) is 0 Å². The average molecular weight is 304 g/mol. The third kappa shape index (κ3) is 3.38. The molecule has 0 aromatic heterocycles. The molecule has 4 unspecified atom stereocenters. The maximum absolute atomic E-state index is 10.8. The lowest BCUT2D eigenvalue weighted by molar-refractivity contribution is -0.0743. The Bertz CT molecular complexity index is 461. The Morgan fingerprint density at radius 1 is 1.45 bits per heavy atom. The van der Waals surface area contributed by atoms with Gasteiger partial charge in [0.25, 0.3) is 0 Å². The number of hydrogen-bond acceptors (Lipinski definition) is 4. The van der Waals surface area contributed by atoms with E-state index in [4.69, 9.17) is 4.84 Å². The van der Waals surface area contributed by atoms with Crippen LogP contribution < -0.4 is 0 Å². The quantitative estimate of drug-likeness (QED) is 0.460. The summed E-state index contributed by atoms with van der Waals surface area (Å²) in [6, 6.07) is 0.466. The third-order valence-corrected chi connectivity index (χ3v) is 5.31. The summed E-state index contributed by atoms with van der Waals surface area (Å²) in [6.45, 7) is 10.6. The molecule has 4 heterocycles. The maximum atomic E-state index is 10.8. The summed E-state index contributed by atoms with van der Waals surface area (Å²) in [6.07, 6.45) is 5.91. The molecule has 4 rings (SSSR count). The third-order valence-electron chi connectivity index (χ3n) is 5.31. The number of hydroxylamine groups is 2. The minimum Gasteiger partial charge on any atom is -0.376 e. The van der Waals surface area contributed by atoms with Gasteiger partial charge in [0.05, 0.1) is 12.6 Å². The van der Waals surface area contributed by atoms with E-state index >= 15 is 0 Å². The molecule has 4 heteroatoms. The van der Waals surface area contributed by atoms with Crippen LogP contribution in [-0.4, -0.2) is 59.5 Å². The first kappa shape index (κ1) is 16.0. The van der Waals surface area contributed by atoms with Gasteiger partial charge in [-0.2, -0.15) is 5.06 Å². The summed E-state index contributed by atoms with van der Waals surface area (Å²) >= 11 is 0. The van der Waals surface area contributed by atoms with Crippen LogP contribution >= 0.6 is 0 Å². The highest BCUT2D eigenvalue weighted by atomic mass is 16.7. The van der Waals surface area contributed by atoms with Crippen LogP contribution in [0.1, 0.15) is 32.6 Å². The lowest BCUT2D eigenvalue weighted by Gasteiger charge is -2.47. The van der Waals surface area contributed by atoms with Crippen LogP contribution in [0, 0.1) is 23.7 Å². The lowest BCUT2D eigenvalue weighted by Crippen LogP contribution is -2.58. The van der Waals surface area contributed by atoms with Gasteiger partial charge in [0, 0.05) is 25.4 Å². The molecule has 0 radical (unpaired) electrons. The smallest absolute Gasteiger partial charge is 0.140 e. The number of aliphatic hydroxyl groups is 1. The van der Waals surface area contributed by atoms with E-state index in [2.05, 4.69) is 23.3 Å². The van der Waals surface area contributed by atoms with Crippen LogP contribution in [-0.2, 0) is 4.84 Å². The van der Waals surface area contributed by atoms with Gasteiger partial charge in [0.15, 0.2) is 0 Å². The lowest BCUT2D eigenvalue weighted by atomic mass is 9.75. The van der Waals surface area contributed by atoms with E-state index in [0.29, 0.717) is 17.9 Å². The van der Waals surface area contributed by atoms with E-state index in [1.165, 1.54) is 0 Å². The van der Waals surface area contributed by atoms with Crippen LogP contribution in [0.15, 0.2) is 12.7 Å². The van der Waals surface area contributed by atoms with Gasteiger partial charge < -0.3 is 5.11 Å². The fourth-order valence-electron chi connectivity index (χ4n) is 3.94. The van der Waals surface area contributed by atoms with Gasteiger partial charge in [0.2, 0.25) is 0 Å². The zero-order chi connectivity index (χ0) is 15.6. The molecule has 0 aromatic carbocycles. The van der Waals surface area contributed by atoms with Gasteiger partial charge in [0.1, 0.15) is 5.60 Å². The molecule has 0 aromatic rings. The van der Waals surface area contributed by atoms with Gasteiger partial charge >= 0.3 is 0 Å². The van der Waals surface area contributed by atoms with Gasteiger partial charge in [-0.3, -0.25) is 9.74 Å². The molecular formula is C18H28N2O2. The van der Waals surface area contributed by atoms with Crippen LogP contribution in [0.4, 0.5) is 0 Å². The molecule has 0 amide bonds. The van der Waals surface area contributed by atoms with Crippen molar-refractivity contribution in [2.24, 2.45) is 11.8 Å². The standard InChI is InChI=1S/C18H28N2O2/c1-3-6-15(17-13-20(17)22-4-2)7-5-10-18(21)14-19-11-8-16(18)9-12-19/h3,15-17,21H,1,4,6-9,11-14H2,2H3. The zero-order valence-corrected chi connectivity index (χ0v) is 13.6. The van der Waals surface area contributed by atoms with E-state index in [1.54, 1.807) is 0 Å². The Hall–Kier alpha value is -0.860. The Morgan fingerprint density at radius 2 is 2.23 bits per heavy atom. The van der Waals surface area contributed by atoms with Gasteiger partial charge in [-0.05, 0) is 45.2 Å². The average Bonchev–Trinajstić information content (AvgIpc) is 3.27. The fourth-order valence-corrected chi connectivity index (χ4v) is 3.94. The Labute approximate surface area is 134 Å². The largest absolute Gasteiger partial charge is 0.376 e. The van der Waals surface area contributed by atoms with Crippen LogP contribution in [0.25, 0.3) is 0 Å². The SMILES string of the molecule is C=CCC(CC#CC1(O)CN2CCC1CC2)C1CN1OCC. The fraction of sp³-hybridized carbons (Fsp3) is 0.778. The van der Waals surface area contributed by atoms with E-state index < -0.39 is 5.60 Å². The van der Waals surface area contributed by atoms with Crippen LogP contribution in [0.3, 0.4) is 0 Å². The van der Waals surface area contributed by atoms with Gasteiger partial charge in [-0.25, -0.2) is 0 Å². The van der Waals surface area contributed by atoms with Crippen molar-refractivity contribution in [2.75, 3.05) is 32.8 Å². The second-order valence-corrected chi connectivity index (χ2v) is 6.85. The Balaban J connectivity index is 1.57. The molecule has 0 aliphatic carbocycles. The van der Waals surface area contributed by atoms with E-state index in [9.17, 15) is 5.11 Å². The van der Waals surface area contributed by atoms with Crippen molar-refractivity contribution in [3.05, 3.63) is 12.7 Å². The summed E-state index contributed by atoms with van der Waals surface area (Å²) < 4.78 is 0. The number of rotatable bonds is 6. The minimum atomic E-state index is -0.779. The summed E-state index contributed by atoms with van der Waals surface area (Å²) in [4.78, 5) is 7.88. The summed E-state index contributed by atoms with van der Waals surface area (Å²) in [5, 5.41) is 12.9. The number of piperidine rings is 3. The van der Waals surface area contributed by atoms with E-state index in [0.717, 1.165) is 58.5 Å². The van der Waals surface area contributed by atoms with E-state index in [-0.39, 0.29) is 0 Å². The first-order chi connectivity index (χ1) is 10.7. The molecule has 4 fully saturated rings. The highest BCUT2D eigenvalue weighted by molar-refractivity contribution is 5.21. The van der Waals surface area contributed by atoms with Crippen molar-refractivity contribution < 1.29 is 9.94 Å². The maximum Gasteiger partial charge on any atom is 0.140 e. The Morgan fingerprint density at radius 3 is 2.82 bits per heavy atom. The van der Waals surface area contributed by atoms with Crippen molar-refractivity contribution in [1.82, 2.24) is 9.96 Å². The summed E-state index contributed by atoms with van der Waals surface area (Å²) in [5.74, 6) is 7.33. The summed E-state index contributed by atoms with van der Waals surface area (Å²) in [5.41, 5.74) is -0.779. The summed E-state index contributed by atoms with van der Waals surface area (Å²) in [7, 11) is 0. The molecule has 4 saturated heterocycles. The molecule has 22 heavy (non-hydrogen) atoms. The van der Waals surface area contributed by atoms with Crippen molar-refractivity contribution in [3.63, 3.8) is 0 Å². The number of hydrogen-bond donors (Lipinski definition) is 1. The van der Waals surface area contributed by atoms with Crippen molar-refractivity contribution in [1.29, 1.82) is 0 Å². The van der Waals surface area contributed by atoms with Crippen LogP contribution in [0.5, 0.6) is 0 Å². The Kier molecular flexibility index (Phi) is 4.89. The van der Waals surface area contributed by atoms with Gasteiger partial charge in [-0.1, -0.05) is 17.9 Å². The zero-order valence-electron chi connectivity index (χ0n) is 13.6. The molecule has 4 atom stereocenters. The monoisotopic (exact) mass is 304 g/mol. The van der Waals surface area contributed by atoms with Crippen molar-refractivity contribution >= 4 is 0 Å². The predicted octanol–water partition coefficient (Wildman–Crippen LogP) is 1.66. The molecular weight excluding hydrogens is 276 g/mol. The van der Waals surface area contributed by atoms with Crippen molar-refractivity contribution in [2.45, 2.75) is 44.2 Å². The highest BCUT2D eigenvalue weighted by Gasteiger charge is 2.44. The molecule has 122 valence electrons. The topological polar surface area (TPSA) is 35.7 Å². The molecule has 2 bridgehead atoms. The number of nitrogens with zero attached hydrogens (tertiary/aromatic N) is 2. The number of allylic oxidation sites excluding steroid dienone is 1. The highest BCUT2D eigenvalue weighted by Crippen LogP contribution is 2.35. The molecule has 4 aliphatic heterocycles.